The molecular formula is C13H15NO3. The molecule has 1 heterocycles. The lowest BCUT2D eigenvalue weighted by atomic mass is 9.85. The van der Waals surface area contributed by atoms with Gasteiger partial charge in [0.25, 0.3) is 0 Å². The Bertz CT molecular complexity index is 430. The lowest BCUT2D eigenvalue weighted by Gasteiger charge is -2.30. The highest BCUT2D eigenvalue weighted by molar-refractivity contribution is 5.75. The van der Waals surface area contributed by atoms with Crippen LogP contribution in [0.4, 0.5) is 0 Å². The smallest absolute Gasteiger partial charge is 0.308 e. The number of nitrogens with one attached hydrogen (secondary N) is 1. The first-order valence-electron chi connectivity index (χ1n) is 5.71. The Hall–Kier alpha value is -1.68. The quantitative estimate of drug-likeness (QED) is 0.766. The zero-order chi connectivity index (χ0) is 12.3. The maximum Gasteiger partial charge on any atom is 0.308 e. The Morgan fingerprint density at radius 2 is 2.29 bits per heavy atom. The highest BCUT2D eigenvalue weighted by Gasteiger charge is 2.31. The third-order valence-electron chi connectivity index (χ3n) is 3.22. The fourth-order valence-electron chi connectivity index (χ4n) is 2.38. The van der Waals surface area contributed by atoms with Gasteiger partial charge in [0.1, 0.15) is 6.29 Å². The Labute approximate surface area is 99.6 Å². The van der Waals surface area contributed by atoms with E-state index in [1.54, 1.807) is 0 Å². The summed E-state index contributed by atoms with van der Waals surface area (Å²) in [6.45, 7) is 0.754. The number of carbonyl (C=O) groups is 2. The van der Waals surface area contributed by atoms with E-state index in [1.807, 2.05) is 24.3 Å². The second kappa shape index (κ2) is 5.10. The number of fused-ring (bicyclic) bond motifs is 1. The number of rotatable bonds is 4. The summed E-state index contributed by atoms with van der Waals surface area (Å²) in [5.74, 6) is -1.61. The highest BCUT2D eigenvalue weighted by Crippen LogP contribution is 2.30. The van der Waals surface area contributed by atoms with Gasteiger partial charge in [-0.25, -0.2) is 0 Å². The van der Waals surface area contributed by atoms with Crippen LogP contribution in [-0.2, 0) is 16.0 Å². The molecule has 1 aliphatic heterocycles. The van der Waals surface area contributed by atoms with Gasteiger partial charge >= 0.3 is 5.97 Å². The van der Waals surface area contributed by atoms with Gasteiger partial charge in [0.15, 0.2) is 0 Å². The molecule has 1 aromatic rings. The highest BCUT2D eigenvalue weighted by atomic mass is 16.4. The maximum atomic E-state index is 11.2. The van der Waals surface area contributed by atoms with E-state index in [4.69, 9.17) is 0 Å². The first kappa shape index (κ1) is 11.8. The number of hydrogen-bond donors (Lipinski definition) is 2. The third kappa shape index (κ3) is 2.36. The molecule has 0 aliphatic carbocycles. The monoisotopic (exact) mass is 233 g/mol. The Morgan fingerprint density at radius 3 is 3.00 bits per heavy atom. The van der Waals surface area contributed by atoms with Crippen molar-refractivity contribution in [2.75, 3.05) is 6.54 Å². The zero-order valence-electron chi connectivity index (χ0n) is 9.43. The summed E-state index contributed by atoms with van der Waals surface area (Å²) in [5.41, 5.74) is 2.18. The van der Waals surface area contributed by atoms with Gasteiger partial charge in [-0.15, -0.1) is 0 Å². The van der Waals surface area contributed by atoms with Gasteiger partial charge in [-0.3, -0.25) is 4.79 Å². The molecule has 2 unspecified atom stereocenters. The standard InChI is InChI=1S/C13H15NO3/c15-8-6-11(13(16)17)12-10-4-2-1-3-9(10)5-7-14-12/h1-4,8,11-12,14H,5-7H2,(H,16,17). The minimum absolute atomic E-state index is 0.0430. The molecule has 0 aromatic heterocycles. The van der Waals surface area contributed by atoms with Crippen LogP contribution in [0.5, 0.6) is 0 Å². The van der Waals surface area contributed by atoms with Gasteiger partial charge in [0.05, 0.1) is 5.92 Å². The molecule has 17 heavy (non-hydrogen) atoms. The molecule has 1 aliphatic rings. The van der Waals surface area contributed by atoms with Crippen LogP contribution in [0.25, 0.3) is 0 Å². The van der Waals surface area contributed by atoms with Crippen LogP contribution in [0.1, 0.15) is 23.6 Å². The van der Waals surface area contributed by atoms with E-state index in [2.05, 4.69) is 5.32 Å². The second-order valence-corrected chi connectivity index (χ2v) is 4.23. The predicted molar refractivity (Wildman–Crippen MR) is 62.7 cm³/mol. The van der Waals surface area contributed by atoms with Crippen LogP contribution in [0.2, 0.25) is 0 Å². The van der Waals surface area contributed by atoms with E-state index in [0.29, 0.717) is 6.29 Å². The Balaban J connectivity index is 2.33. The van der Waals surface area contributed by atoms with Crippen LogP contribution in [0.3, 0.4) is 0 Å². The summed E-state index contributed by atoms with van der Waals surface area (Å²) in [4.78, 5) is 21.8. The van der Waals surface area contributed by atoms with Crippen molar-refractivity contribution in [2.24, 2.45) is 5.92 Å². The first-order chi connectivity index (χ1) is 8.24. The van der Waals surface area contributed by atoms with E-state index in [1.165, 1.54) is 5.56 Å². The molecule has 2 N–H and O–H groups in total. The molecule has 90 valence electrons. The van der Waals surface area contributed by atoms with Crippen LogP contribution in [-0.4, -0.2) is 23.9 Å². The largest absolute Gasteiger partial charge is 0.481 e. The van der Waals surface area contributed by atoms with Crippen molar-refractivity contribution in [3.8, 4) is 0 Å². The van der Waals surface area contributed by atoms with Crippen molar-refractivity contribution >= 4 is 12.3 Å². The fraction of sp³-hybridized carbons (Fsp3) is 0.385. The normalized spacial score (nSPS) is 20.4. The van der Waals surface area contributed by atoms with Crippen molar-refractivity contribution in [3.63, 3.8) is 0 Å². The third-order valence-corrected chi connectivity index (χ3v) is 3.22. The van der Waals surface area contributed by atoms with Crippen LogP contribution in [0, 0.1) is 5.92 Å². The predicted octanol–water partition coefficient (Wildman–Crippen LogP) is 1.16. The van der Waals surface area contributed by atoms with Gasteiger partial charge in [-0.05, 0) is 24.1 Å². The molecule has 2 atom stereocenters. The average molecular weight is 233 g/mol. The lowest BCUT2D eigenvalue weighted by Crippen LogP contribution is -2.38. The summed E-state index contributed by atoms with van der Waals surface area (Å²) in [6.07, 6.45) is 1.62. The fourth-order valence-corrected chi connectivity index (χ4v) is 2.38. The molecule has 0 bridgehead atoms. The molecule has 0 amide bonds. The van der Waals surface area contributed by atoms with Crippen LogP contribution >= 0.6 is 0 Å². The van der Waals surface area contributed by atoms with Crippen LogP contribution in [0.15, 0.2) is 24.3 Å². The lowest BCUT2D eigenvalue weighted by molar-refractivity contribution is -0.144. The van der Waals surface area contributed by atoms with Crippen molar-refractivity contribution in [3.05, 3.63) is 35.4 Å². The van der Waals surface area contributed by atoms with Gasteiger partial charge in [0.2, 0.25) is 0 Å². The molecule has 1 aromatic carbocycles. The second-order valence-electron chi connectivity index (χ2n) is 4.23. The van der Waals surface area contributed by atoms with Crippen LogP contribution < -0.4 is 5.32 Å². The average Bonchev–Trinajstić information content (AvgIpc) is 2.35. The van der Waals surface area contributed by atoms with E-state index in [9.17, 15) is 14.7 Å². The van der Waals surface area contributed by atoms with E-state index >= 15 is 0 Å². The Morgan fingerprint density at radius 1 is 1.53 bits per heavy atom. The molecule has 2 rings (SSSR count). The topological polar surface area (TPSA) is 66.4 Å². The molecule has 0 radical (unpaired) electrons. The zero-order valence-corrected chi connectivity index (χ0v) is 9.43. The summed E-state index contributed by atoms with van der Waals surface area (Å²) < 4.78 is 0. The number of aliphatic carboxylic acids is 1. The molecular weight excluding hydrogens is 218 g/mol. The summed E-state index contributed by atoms with van der Waals surface area (Å²) in [7, 11) is 0. The van der Waals surface area contributed by atoms with Crippen molar-refractivity contribution in [1.82, 2.24) is 5.32 Å². The molecule has 0 fully saturated rings. The number of hydrogen-bond acceptors (Lipinski definition) is 3. The van der Waals surface area contributed by atoms with E-state index < -0.39 is 11.9 Å². The van der Waals surface area contributed by atoms with Gasteiger partial charge in [0, 0.05) is 12.5 Å². The molecule has 4 nitrogen and oxygen atoms in total. The van der Waals surface area contributed by atoms with E-state index in [-0.39, 0.29) is 12.5 Å². The summed E-state index contributed by atoms with van der Waals surface area (Å²) in [5, 5.41) is 12.4. The number of carbonyl (C=O) groups excluding carboxylic acids is 1. The van der Waals surface area contributed by atoms with Crippen molar-refractivity contribution < 1.29 is 14.7 Å². The van der Waals surface area contributed by atoms with E-state index in [0.717, 1.165) is 18.5 Å². The minimum Gasteiger partial charge on any atom is -0.481 e. The van der Waals surface area contributed by atoms with Gasteiger partial charge < -0.3 is 15.2 Å². The summed E-state index contributed by atoms with van der Waals surface area (Å²) >= 11 is 0. The minimum atomic E-state index is -0.925. The van der Waals surface area contributed by atoms with Crippen molar-refractivity contribution in [1.29, 1.82) is 0 Å². The first-order valence-corrected chi connectivity index (χ1v) is 5.71. The molecule has 0 saturated heterocycles. The Kier molecular flexibility index (Phi) is 3.54. The molecule has 4 heteroatoms. The molecule has 0 saturated carbocycles. The van der Waals surface area contributed by atoms with Gasteiger partial charge in [-0.1, -0.05) is 24.3 Å². The molecule has 0 spiro atoms. The van der Waals surface area contributed by atoms with Gasteiger partial charge in [-0.2, -0.15) is 0 Å². The summed E-state index contributed by atoms with van der Waals surface area (Å²) in [6, 6.07) is 7.55. The SMILES string of the molecule is O=CCC(C(=O)O)C1NCCc2ccccc21. The number of benzene rings is 1. The van der Waals surface area contributed by atoms with Crippen molar-refractivity contribution in [2.45, 2.75) is 18.9 Å². The maximum absolute atomic E-state index is 11.2. The number of aldehydes is 1. The number of carboxylic acid groups (broad SMARTS) is 1. The number of carboxylic acids is 1.